The topological polar surface area (TPSA) is 59.0 Å². The van der Waals surface area contributed by atoms with Crippen LogP contribution in [0.25, 0.3) is 0 Å². The first-order valence-electron chi connectivity index (χ1n) is 6.50. The van der Waals surface area contributed by atoms with Crippen molar-refractivity contribution in [1.29, 1.82) is 5.26 Å². The van der Waals surface area contributed by atoms with Crippen LogP contribution >= 0.6 is 0 Å². The molecule has 3 nitrogen and oxygen atoms in total. The van der Waals surface area contributed by atoms with Gasteiger partial charge in [-0.3, -0.25) is 0 Å². The van der Waals surface area contributed by atoms with E-state index in [0.29, 0.717) is 0 Å². The number of hydrogen-bond donors (Lipinski definition) is 1. The number of benzene rings is 2. The zero-order valence-corrected chi connectivity index (χ0v) is 11.8. The van der Waals surface area contributed by atoms with Crippen LogP contribution in [-0.4, -0.2) is 6.61 Å². The van der Waals surface area contributed by atoms with E-state index in [1.54, 1.807) is 0 Å². The lowest BCUT2D eigenvalue weighted by atomic mass is 9.94. The van der Waals surface area contributed by atoms with Gasteiger partial charge in [0.15, 0.2) is 5.54 Å². The van der Waals surface area contributed by atoms with Crippen molar-refractivity contribution >= 4 is 0 Å². The van der Waals surface area contributed by atoms with Gasteiger partial charge in [-0.25, -0.2) is 0 Å². The third kappa shape index (κ3) is 3.17. The van der Waals surface area contributed by atoms with Gasteiger partial charge in [-0.05, 0) is 42.7 Å². The molecule has 0 fully saturated rings. The maximum absolute atomic E-state index is 9.37. The van der Waals surface area contributed by atoms with Crippen LogP contribution in [0.1, 0.15) is 16.7 Å². The SMILES string of the molecule is Cc1cc(C)cc(OCC(N)(C#N)c2ccccc2)c1. The summed E-state index contributed by atoms with van der Waals surface area (Å²) in [5, 5.41) is 9.37. The van der Waals surface area contributed by atoms with Crippen LogP contribution in [0, 0.1) is 25.2 Å². The zero-order valence-electron chi connectivity index (χ0n) is 11.8. The molecule has 0 aliphatic heterocycles. The fraction of sp³-hybridized carbons (Fsp3) is 0.235. The van der Waals surface area contributed by atoms with E-state index >= 15 is 0 Å². The molecule has 1 unspecified atom stereocenters. The van der Waals surface area contributed by atoms with Gasteiger partial charge in [-0.2, -0.15) is 5.26 Å². The van der Waals surface area contributed by atoms with E-state index in [4.69, 9.17) is 10.5 Å². The zero-order chi connectivity index (χ0) is 14.6. The molecule has 1 atom stereocenters. The Kier molecular flexibility index (Phi) is 4.07. The molecule has 2 rings (SSSR count). The molecular weight excluding hydrogens is 248 g/mol. The van der Waals surface area contributed by atoms with E-state index in [9.17, 15) is 5.26 Å². The molecular formula is C17H18N2O. The predicted octanol–water partition coefficient (Wildman–Crippen LogP) is 3.06. The van der Waals surface area contributed by atoms with E-state index in [1.807, 2.05) is 56.3 Å². The Bertz CT molecular complexity index is 611. The molecule has 0 amide bonds. The summed E-state index contributed by atoms with van der Waals surface area (Å²) in [6, 6.07) is 17.4. The summed E-state index contributed by atoms with van der Waals surface area (Å²) in [4.78, 5) is 0. The smallest absolute Gasteiger partial charge is 0.164 e. The number of aryl methyl sites for hydroxylation is 2. The third-order valence-electron chi connectivity index (χ3n) is 3.15. The first-order valence-corrected chi connectivity index (χ1v) is 6.50. The van der Waals surface area contributed by atoms with Crippen molar-refractivity contribution in [2.45, 2.75) is 19.4 Å². The molecule has 3 heteroatoms. The van der Waals surface area contributed by atoms with Crippen molar-refractivity contribution in [3.05, 3.63) is 65.2 Å². The van der Waals surface area contributed by atoms with E-state index in [-0.39, 0.29) is 6.61 Å². The predicted molar refractivity (Wildman–Crippen MR) is 79.3 cm³/mol. The van der Waals surface area contributed by atoms with Crippen molar-refractivity contribution in [1.82, 2.24) is 0 Å². The Morgan fingerprint density at radius 1 is 1.10 bits per heavy atom. The Labute approximate surface area is 119 Å². The lowest BCUT2D eigenvalue weighted by Gasteiger charge is -2.22. The summed E-state index contributed by atoms with van der Waals surface area (Å²) < 4.78 is 5.73. The van der Waals surface area contributed by atoms with Crippen LogP contribution in [-0.2, 0) is 5.54 Å². The van der Waals surface area contributed by atoms with Gasteiger partial charge in [-0.1, -0.05) is 36.4 Å². The lowest BCUT2D eigenvalue weighted by molar-refractivity contribution is 0.255. The standard InChI is InChI=1S/C17H18N2O/c1-13-8-14(2)10-16(9-13)20-12-17(19,11-18)15-6-4-3-5-7-15/h3-10H,12,19H2,1-2H3. The second-order valence-electron chi connectivity index (χ2n) is 5.06. The van der Waals surface area contributed by atoms with Gasteiger partial charge in [-0.15, -0.1) is 0 Å². The van der Waals surface area contributed by atoms with E-state index in [0.717, 1.165) is 22.4 Å². The average Bonchev–Trinajstić information content (AvgIpc) is 2.45. The second kappa shape index (κ2) is 5.77. The normalized spacial score (nSPS) is 13.3. The quantitative estimate of drug-likeness (QED) is 0.925. The van der Waals surface area contributed by atoms with Crippen LogP contribution in [0.5, 0.6) is 5.75 Å². The number of nitrogens with zero attached hydrogens (tertiary/aromatic N) is 1. The van der Waals surface area contributed by atoms with Crippen molar-refractivity contribution in [2.75, 3.05) is 6.61 Å². The van der Waals surface area contributed by atoms with Gasteiger partial charge in [0, 0.05) is 0 Å². The van der Waals surface area contributed by atoms with Crippen molar-refractivity contribution in [3.63, 3.8) is 0 Å². The molecule has 0 spiro atoms. The molecule has 0 bridgehead atoms. The number of nitriles is 1. The summed E-state index contributed by atoms with van der Waals surface area (Å²) in [7, 11) is 0. The summed E-state index contributed by atoms with van der Waals surface area (Å²) in [5.41, 5.74) is 8.02. The first-order chi connectivity index (χ1) is 9.53. The maximum atomic E-state index is 9.37. The molecule has 0 aliphatic rings. The van der Waals surface area contributed by atoms with Gasteiger partial charge in [0.05, 0.1) is 6.07 Å². The highest BCUT2D eigenvalue weighted by atomic mass is 16.5. The summed E-state index contributed by atoms with van der Waals surface area (Å²) >= 11 is 0. The number of nitrogens with two attached hydrogens (primary N) is 1. The van der Waals surface area contributed by atoms with Crippen LogP contribution in [0.2, 0.25) is 0 Å². The largest absolute Gasteiger partial charge is 0.490 e. The molecule has 0 aromatic heterocycles. The minimum Gasteiger partial charge on any atom is -0.490 e. The lowest BCUT2D eigenvalue weighted by Crippen LogP contribution is -2.41. The Morgan fingerprint density at radius 2 is 1.70 bits per heavy atom. The molecule has 2 aromatic carbocycles. The highest BCUT2D eigenvalue weighted by Crippen LogP contribution is 2.21. The van der Waals surface area contributed by atoms with Crippen molar-refractivity contribution < 1.29 is 4.74 Å². The Balaban J connectivity index is 2.17. The van der Waals surface area contributed by atoms with Crippen LogP contribution < -0.4 is 10.5 Å². The Hall–Kier alpha value is -2.31. The molecule has 0 radical (unpaired) electrons. The number of rotatable bonds is 4. The molecule has 102 valence electrons. The number of ether oxygens (including phenoxy) is 1. The highest BCUT2D eigenvalue weighted by molar-refractivity contribution is 5.35. The van der Waals surface area contributed by atoms with Gasteiger partial charge >= 0.3 is 0 Å². The molecule has 2 N–H and O–H groups in total. The highest BCUT2D eigenvalue weighted by Gasteiger charge is 2.28. The monoisotopic (exact) mass is 266 g/mol. The second-order valence-corrected chi connectivity index (χ2v) is 5.06. The third-order valence-corrected chi connectivity index (χ3v) is 3.15. The van der Waals surface area contributed by atoms with E-state index in [1.165, 1.54) is 0 Å². The van der Waals surface area contributed by atoms with E-state index in [2.05, 4.69) is 12.1 Å². The maximum Gasteiger partial charge on any atom is 0.164 e. The molecule has 20 heavy (non-hydrogen) atoms. The van der Waals surface area contributed by atoms with Crippen LogP contribution in [0.15, 0.2) is 48.5 Å². The molecule has 0 saturated heterocycles. The molecule has 0 saturated carbocycles. The summed E-state index contributed by atoms with van der Waals surface area (Å²) in [5.74, 6) is 0.739. The minimum absolute atomic E-state index is 0.121. The molecule has 0 aliphatic carbocycles. The fourth-order valence-corrected chi connectivity index (χ4v) is 2.13. The summed E-state index contributed by atoms with van der Waals surface area (Å²) in [6.45, 7) is 4.14. The van der Waals surface area contributed by atoms with Crippen LogP contribution in [0.4, 0.5) is 0 Å². The van der Waals surface area contributed by atoms with E-state index < -0.39 is 5.54 Å². The molecule has 2 aromatic rings. The Morgan fingerprint density at radius 3 is 2.25 bits per heavy atom. The van der Waals surface area contributed by atoms with Gasteiger partial charge in [0.1, 0.15) is 12.4 Å². The van der Waals surface area contributed by atoms with Gasteiger partial charge in [0.25, 0.3) is 0 Å². The van der Waals surface area contributed by atoms with Gasteiger partial charge < -0.3 is 10.5 Å². The summed E-state index contributed by atoms with van der Waals surface area (Å²) in [6.07, 6.45) is 0. The average molecular weight is 266 g/mol. The van der Waals surface area contributed by atoms with Crippen LogP contribution in [0.3, 0.4) is 0 Å². The van der Waals surface area contributed by atoms with Gasteiger partial charge in [0.2, 0.25) is 0 Å². The molecule has 0 heterocycles. The first kappa shape index (κ1) is 14.1. The van der Waals surface area contributed by atoms with Crippen molar-refractivity contribution in [3.8, 4) is 11.8 Å². The fourth-order valence-electron chi connectivity index (χ4n) is 2.13. The number of hydrogen-bond acceptors (Lipinski definition) is 3. The minimum atomic E-state index is -1.14. The van der Waals surface area contributed by atoms with Crippen molar-refractivity contribution in [2.24, 2.45) is 5.73 Å².